The summed E-state index contributed by atoms with van der Waals surface area (Å²) < 4.78 is 5.84. The first-order valence-electron chi connectivity index (χ1n) is 7.98. The maximum atomic E-state index is 8.91. The minimum atomic E-state index is -0.0962. The first-order chi connectivity index (χ1) is 11.2. The number of ether oxygens (including phenoxy) is 1. The monoisotopic (exact) mass is 311 g/mol. The molecule has 1 aliphatic heterocycles. The molecule has 3 rings (SSSR count). The van der Waals surface area contributed by atoms with Crippen LogP contribution >= 0.6 is 0 Å². The number of nitrogens with zero attached hydrogens (tertiary/aromatic N) is 4. The van der Waals surface area contributed by atoms with E-state index >= 15 is 0 Å². The molecule has 6 nitrogen and oxygen atoms in total. The zero-order valence-corrected chi connectivity index (χ0v) is 13.5. The maximum absolute atomic E-state index is 8.91. The Bertz CT molecular complexity index is 688. The Kier molecular flexibility index (Phi) is 4.70. The molecule has 120 valence electrons. The van der Waals surface area contributed by atoms with Gasteiger partial charge >= 0.3 is 0 Å². The molecule has 6 heteroatoms. The van der Waals surface area contributed by atoms with Gasteiger partial charge in [-0.3, -0.25) is 10.00 Å². The van der Waals surface area contributed by atoms with Crippen LogP contribution in [0.3, 0.4) is 0 Å². The Labute approximate surface area is 136 Å². The lowest BCUT2D eigenvalue weighted by molar-refractivity contribution is -0.0470. The molecule has 1 aliphatic rings. The molecule has 1 aromatic carbocycles. The Balaban J connectivity index is 1.70. The van der Waals surface area contributed by atoms with Crippen LogP contribution in [0, 0.1) is 11.3 Å². The van der Waals surface area contributed by atoms with Gasteiger partial charge in [-0.15, -0.1) is 0 Å². The van der Waals surface area contributed by atoms with E-state index in [1.807, 2.05) is 31.2 Å². The first-order valence-corrected chi connectivity index (χ1v) is 7.98. The van der Waals surface area contributed by atoms with Crippen LogP contribution in [-0.2, 0) is 11.2 Å². The Morgan fingerprint density at radius 2 is 2.22 bits per heavy atom. The number of aromatic nitrogens is 3. The number of aromatic amines is 1. The summed E-state index contributed by atoms with van der Waals surface area (Å²) in [5, 5.41) is 16.1. The van der Waals surface area contributed by atoms with E-state index in [1.54, 1.807) is 0 Å². The number of benzene rings is 1. The van der Waals surface area contributed by atoms with E-state index in [1.165, 1.54) is 5.56 Å². The number of rotatable bonds is 4. The van der Waals surface area contributed by atoms with E-state index in [9.17, 15) is 0 Å². The van der Waals surface area contributed by atoms with Gasteiger partial charge < -0.3 is 4.74 Å². The summed E-state index contributed by atoms with van der Waals surface area (Å²) in [5.41, 5.74) is 1.89. The molecular weight excluding hydrogens is 290 g/mol. The maximum Gasteiger partial charge on any atom is 0.180 e. The largest absolute Gasteiger partial charge is 0.367 e. The number of aryl methyl sites for hydroxylation is 1. The minimum Gasteiger partial charge on any atom is -0.367 e. The van der Waals surface area contributed by atoms with Crippen molar-refractivity contribution in [3.05, 3.63) is 47.0 Å². The van der Waals surface area contributed by atoms with Gasteiger partial charge in [-0.2, -0.15) is 10.4 Å². The molecule has 0 saturated carbocycles. The molecule has 0 bridgehead atoms. The normalized spacial score (nSPS) is 20.1. The molecule has 1 saturated heterocycles. The zero-order chi connectivity index (χ0) is 16.2. The molecular formula is C17H21N5O. The van der Waals surface area contributed by atoms with Gasteiger partial charge in [0.05, 0.1) is 18.2 Å². The number of nitriles is 1. The number of hydrogen-bond acceptors (Lipinski definition) is 5. The average molecular weight is 311 g/mol. The van der Waals surface area contributed by atoms with E-state index in [0.717, 1.165) is 31.2 Å². The molecule has 23 heavy (non-hydrogen) atoms. The quantitative estimate of drug-likeness (QED) is 0.938. The van der Waals surface area contributed by atoms with Crippen molar-refractivity contribution in [1.29, 1.82) is 5.26 Å². The van der Waals surface area contributed by atoms with Gasteiger partial charge in [0.25, 0.3) is 0 Å². The fourth-order valence-corrected chi connectivity index (χ4v) is 2.84. The van der Waals surface area contributed by atoms with Crippen LogP contribution in [-0.4, -0.2) is 39.8 Å². The lowest BCUT2D eigenvalue weighted by Gasteiger charge is -2.36. The highest BCUT2D eigenvalue weighted by Gasteiger charge is 2.28. The first kappa shape index (κ1) is 15.7. The molecule has 2 atom stereocenters. The molecule has 1 N–H and O–H groups in total. The Morgan fingerprint density at radius 3 is 2.87 bits per heavy atom. The van der Waals surface area contributed by atoms with Gasteiger partial charge in [-0.05, 0) is 24.6 Å². The average Bonchev–Trinajstić information content (AvgIpc) is 3.10. The van der Waals surface area contributed by atoms with Crippen molar-refractivity contribution in [3.63, 3.8) is 0 Å². The summed E-state index contributed by atoms with van der Waals surface area (Å²) in [6.45, 7) is 6.54. The van der Waals surface area contributed by atoms with Crippen molar-refractivity contribution in [2.45, 2.75) is 32.4 Å². The van der Waals surface area contributed by atoms with Crippen molar-refractivity contribution in [2.75, 3.05) is 19.7 Å². The van der Waals surface area contributed by atoms with Crippen molar-refractivity contribution >= 4 is 0 Å². The summed E-state index contributed by atoms with van der Waals surface area (Å²) in [5.74, 6) is 1.62. The van der Waals surface area contributed by atoms with E-state index in [-0.39, 0.29) is 12.1 Å². The van der Waals surface area contributed by atoms with Gasteiger partial charge in [0, 0.05) is 25.6 Å². The zero-order valence-electron chi connectivity index (χ0n) is 13.5. The van der Waals surface area contributed by atoms with Gasteiger partial charge in [0.1, 0.15) is 11.9 Å². The van der Waals surface area contributed by atoms with Crippen LogP contribution < -0.4 is 0 Å². The third-order valence-corrected chi connectivity index (χ3v) is 4.34. The Morgan fingerprint density at radius 1 is 1.43 bits per heavy atom. The molecule has 2 aromatic rings. The lowest BCUT2D eigenvalue weighted by Crippen LogP contribution is -2.40. The van der Waals surface area contributed by atoms with E-state index in [0.29, 0.717) is 12.2 Å². The van der Waals surface area contributed by atoms with Gasteiger partial charge in [0.15, 0.2) is 5.82 Å². The van der Waals surface area contributed by atoms with Crippen LogP contribution in [0.15, 0.2) is 24.3 Å². The summed E-state index contributed by atoms with van der Waals surface area (Å²) in [6, 6.07) is 10.2. The summed E-state index contributed by atoms with van der Waals surface area (Å²) in [7, 11) is 0. The second-order valence-electron chi connectivity index (χ2n) is 5.76. The predicted octanol–water partition coefficient (Wildman–Crippen LogP) is 2.37. The highest BCUT2D eigenvalue weighted by atomic mass is 16.5. The summed E-state index contributed by atoms with van der Waals surface area (Å²) >= 11 is 0. The van der Waals surface area contributed by atoms with Gasteiger partial charge in [-0.25, -0.2) is 4.98 Å². The van der Waals surface area contributed by atoms with Gasteiger partial charge in [-0.1, -0.05) is 19.1 Å². The number of H-pyrrole nitrogens is 1. The fourth-order valence-electron chi connectivity index (χ4n) is 2.84. The van der Waals surface area contributed by atoms with E-state index < -0.39 is 0 Å². The minimum absolute atomic E-state index is 0.0962. The van der Waals surface area contributed by atoms with Crippen molar-refractivity contribution in [2.24, 2.45) is 0 Å². The highest BCUT2D eigenvalue weighted by molar-refractivity contribution is 5.32. The molecule has 0 amide bonds. The van der Waals surface area contributed by atoms with Crippen LogP contribution in [0.2, 0.25) is 0 Å². The van der Waals surface area contributed by atoms with Crippen LogP contribution in [0.25, 0.3) is 0 Å². The third kappa shape index (κ3) is 3.41. The number of hydrogen-bond donors (Lipinski definition) is 1. The lowest BCUT2D eigenvalue weighted by atomic mass is 10.0. The molecule has 2 heterocycles. The van der Waals surface area contributed by atoms with Crippen molar-refractivity contribution in [3.8, 4) is 6.07 Å². The van der Waals surface area contributed by atoms with Gasteiger partial charge in [0.2, 0.25) is 0 Å². The van der Waals surface area contributed by atoms with E-state index in [4.69, 9.17) is 10.00 Å². The van der Waals surface area contributed by atoms with Crippen LogP contribution in [0.4, 0.5) is 0 Å². The molecule has 0 unspecified atom stereocenters. The van der Waals surface area contributed by atoms with E-state index in [2.05, 4.69) is 33.1 Å². The van der Waals surface area contributed by atoms with Crippen LogP contribution in [0.5, 0.6) is 0 Å². The molecule has 1 aromatic heterocycles. The third-order valence-electron chi connectivity index (χ3n) is 4.34. The van der Waals surface area contributed by atoms with Crippen LogP contribution in [0.1, 0.15) is 48.8 Å². The Hall–Kier alpha value is -2.23. The summed E-state index contributed by atoms with van der Waals surface area (Å²) in [4.78, 5) is 6.86. The highest BCUT2D eigenvalue weighted by Crippen LogP contribution is 2.27. The number of morpholine rings is 1. The number of nitrogens with one attached hydrogen (secondary N) is 1. The molecule has 1 fully saturated rings. The SMILES string of the molecule is CCc1nc([C@@H]2CN([C@@H](C)c3ccc(C#N)cc3)CCO2)n[nH]1. The summed E-state index contributed by atoms with van der Waals surface area (Å²) in [6.07, 6.45) is 0.742. The van der Waals surface area contributed by atoms with Crippen molar-refractivity contribution in [1.82, 2.24) is 20.1 Å². The predicted molar refractivity (Wildman–Crippen MR) is 85.6 cm³/mol. The topological polar surface area (TPSA) is 77.8 Å². The molecule has 0 aliphatic carbocycles. The second-order valence-corrected chi connectivity index (χ2v) is 5.76. The smallest absolute Gasteiger partial charge is 0.180 e. The standard InChI is InChI=1S/C17H21N5O/c1-3-16-19-17(21-20-16)15-11-22(8-9-23-15)12(2)14-6-4-13(10-18)5-7-14/h4-7,12,15H,3,8-9,11H2,1-2H3,(H,19,20,21)/t12-,15-/m0/s1. The second kappa shape index (κ2) is 6.90. The van der Waals surface area contributed by atoms with Crippen molar-refractivity contribution < 1.29 is 4.74 Å². The molecule has 0 spiro atoms. The fraction of sp³-hybridized carbons (Fsp3) is 0.471. The molecule has 0 radical (unpaired) electrons.